The highest BCUT2D eigenvalue weighted by molar-refractivity contribution is 4.77. The van der Waals surface area contributed by atoms with Crippen molar-refractivity contribution < 1.29 is 13.2 Å². The van der Waals surface area contributed by atoms with E-state index in [0.29, 0.717) is 18.8 Å². The number of nitrogens with zero attached hydrogens (tertiary/aromatic N) is 1. The molecule has 20 heavy (non-hydrogen) atoms. The van der Waals surface area contributed by atoms with E-state index in [1.807, 2.05) is 4.90 Å². The lowest BCUT2D eigenvalue weighted by atomic mass is 9.97. The molecule has 0 bridgehead atoms. The van der Waals surface area contributed by atoms with Crippen molar-refractivity contribution in [2.45, 2.75) is 52.1 Å². The van der Waals surface area contributed by atoms with Crippen LogP contribution in [-0.2, 0) is 0 Å². The van der Waals surface area contributed by atoms with Crippen LogP contribution in [0.5, 0.6) is 0 Å². The van der Waals surface area contributed by atoms with Crippen molar-refractivity contribution in [1.82, 2.24) is 10.2 Å². The van der Waals surface area contributed by atoms with Gasteiger partial charge < -0.3 is 10.2 Å². The highest BCUT2D eigenvalue weighted by Gasteiger charge is 2.41. The summed E-state index contributed by atoms with van der Waals surface area (Å²) >= 11 is 0. The van der Waals surface area contributed by atoms with Gasteiger partial charge in [0.05, 0.1) is 5.92 Å². The predicted octanol–water partition coefficient (Wildman–Crippen LogP) is 3.68. The first-order valence-corrected chi connectivity index (χ1v) is 7.89. The van der Waals surface area contributed by atoms with Crippen molar-refractivity contribution in [2.75, 3.05) is 32.7 Å². The van der Waals surface area contributed by atoms with Crippen LogP contribution < -0.4 is 5.32 Å². The van der Waals surface area contributed by atoms with Gasteiger partial charge >= 0.3 is 6.18 Å². The summed E-state index contributed by atoms with van der Waals surface area (Å²) in [5.41, 5.74) is 0. The van der Waals surface area contributed by atoms with E-state index in [9.17, 15) is 13.2 Å². The van der Waals surface area contributed by atoms with Gasteiger partial charge in [-0.3, -0.25) is 0 Å². The maximum absolute atomic E-state index is 12.7. The van der Waals surface area contributed by atoms with Crippen LogP contribution >= 0.6 is 0 Å². The molecule has 1 fully saturated rings. The van der Waals surface area contributed by atoms with Gasteiger partial charge in [-0.25, -0.2) is 0 Å². The lowest BCUT2D eigenvalue weighted by Gasteiger charge is -2.33. The number of rotatable bonds is 8. The summed E-state index contributed by atoms with van der Waals surface area (Å²) in [4.78, 5) is 1.99. The molecule has 0 saturated carbocycles. The van der Waals surface area contributed by atoms with Gasteiger partial charge in [0.1, 0.15) is 0 Å². The zero-order chi connectivity index (χ0) is 15.0. The molecule has 0 radical (unpaired) electrons. The molecular formula is C15H29F3N2. The quantitative estimate of drug-likeness (QED) is 0.687. The minimum absolute atomic E-state index is 0.203. The maximum atomic E-state index is 12.7. The number of unbranched alkanes of at least 4 members (excludes halogenated alkanes) is 2. The molecule has 1 rings (SSSR count). The lowest BCUT2D eigenvalue weighted by Crippen LogP contribution is -2.42. The van der Waals surface area contributed by atoms with Crippen molar-refractivity contribution in [3.8, 4) is 0 Å². The number of halogens is 3. The van der Waals surface area contributed by atoms with E-state index in [4.69, 9.17) is 0 Å². The third-order valence-electron chi connectivity index (χ3n) is 3.85. The molecule has 0 aromatic heterocycles. The van der Waals surface area contributed by atoms with Gasteiger partial charge in [-0.15, -0.1) is 0 Å². The standard InChI is InChI=1S/C15H29F3N2/c1-13(2)11-19-8-4-3-5-9-20-10-6-7-14(12-20)15(16,17)18/h13-14,19H,3-12H2,1-2H3. The number of alkyl halides is 3. The summed E-state index contributed by atoms with van der Waals surface area (Å²) in [6.45, 7) is 8.27. The minimum Gasteiger partial charge on any atom is -0.316 e. The van der Waals surface area contributed by atoms with Crippen molar-refractivity contribution >= 4 is 0 Å². The number of piperidine rings is 1. The van der Waals surface area contributed by atoms with E-state index in [1.54, 1.807) is 0 Å². The predicted molar refractivity (Wildman–Crippen MR) is 76.8 cm³/mol. The molecule has 0 aliphatic carbocycles. The van der Waals surface area contributed by atoms with Crippen LogP contribution in [0.4, 0.5) is 13.2 Å². The Bertz CT molecular complexity index is 254. The molecule has 1 N–H and O–H groups in total. The van der Waals surface area contributed by atoms with Crippen LogP contribution in [0, 0.1) is 11.8 Å². The Kier molecular flexibility index (Phi) is 7.88. The van der Waals surface area contributed by atoms with Crippen molar-refractivity contribution in [2.24, 2.45) is 11.8 Å². The number of nitrogens with one attached hydrogen (secondary N) is 1. The van der Waals surface area contributed by atoms with Gasteiger partial charge in [-0.2, -0.15) is 13.2 Å². The van der Waals surface area contributed by atoms with Crippen LogP contribution in [0.3, 0.4) is 0 Å². The maximum Gasteiger partial charge on any atom is 0.393 e. The molecule has 1 heterocycles. The van der Waals surface area contributed by atoms with Gasteiger partial charge in [-0.1, -0.05) is 20.3 Å². The minimum atomic E-state index is -4.01. The first-order valence-electron chi connectivity index (χ1n) is 7.89. The molecule has 0 amide bonds. The topological polar surface area (TPSA) is 15.3 Å². The van der Waals surface area contributed by atoms with Gasteiger partial charge in [0.25, 0.3) is 0 Å². The molecular weight excluding hydrogens is 265 g/mol. The molecule has 0 aromatic rings. The van der Waals surface area contributed by atoms with Crippen LogP contribution in [-0.4, -0.2) is 43.8 Å². The largest absolute Gasteiger partial charge is 0.393 e. The second-order valence-electron chi connectivity index (χ2n) is 6.34. The lowest BCUT2D eigenvalue weighted by molar-refractivity contribution is -0.186. The van der Waals surface area contributed by atoms with Gasteiger partial charge in [-0.05, 0) is 57.8 Å². The average molecular weight is 294 g/mol. The Morgan fingerprint density at radius 3 is 2.60 bits per heavy atom. The molecule has 2 nitrogen and oxygen atoms in total. The smallest absolute Gasteiger partial charge is 0.316 e. The second-order valence-corrected chi connectivity index (χ2v) is 6.34. The van der Waals surface area contributed by atoms with Crippen LogP contribution in [0.2, 0.25) is 0 Å². The Labute approximate surface area is 121 Å². The second kappa shape index (κ2) is 8.88. The summed E-state index contributed by atoms with van der Waals surface area (Å²) in [5.74, 6) is -0.438. The number of hydrogen-bond acceptors (Lipinski definition) is 2. The van der Waals surface area contributed by atoms with Crippen LogP contribution in [0.25, 0.3) is 0 Å². The summed E-state index contributed by atoms with van der Waals surface area (Å²) in [5, 5.41) is 3.39. The van der Waals surface area contributed by atoms with E-state index in [-0.39, 0.29) is 6.54 Å². The fourth-order valence-electron chi connectivity index (χ4n) is 2.68. The van der Waals surface area contributed by atoms with E-state index in [2.05, 4.69) is 19.2 Å². The highest BCUT2D eigenvalue weighted by atomic mass is 19.4. The summed E-state index contributed by atoms with van der Waals surface area (Å²) in [7, 11) is 0. The Balaban J connectivity index is 2.04. The van der Waals surface area contributed by atoms with Gasteiger partial charge in [0.15, 0.2) is 0 Å². The zero-order valence-corrected chi connectivity index (χ0v) is 12.8. The molecule has 120 valence electrons. The molecule has 1 aliphatic heterocycles. The highest BCUT2D eigenvalue weighted by Crippen LogP contribution is 2.33. The fourth-order valence-corrected chi connectivity index (χ4v) is 2.68. The van der Waals surface area contributed by atoms with E-state index >= 15 is 0 Å². The fraction of sp³-hybridized carbons (Fsp3) is 1.00. The van der Waals surface area contributed by atoms with Gasteiger partial charge in [0, 0.05) is 6.54 Å². The molecule has 1 unspecified atom stereocenters. The molecule has 0 spiro atoms. The van der Waals surface area contributed by atoms with Gasteiger partial charge in [0.2, 0.25) is 0 Å². The normalized spacial score (nSPS) is 21.6. The third kappa shape index (κ3) is 7.48. The molecule has 1 atom stereocenters. The average Bonchev–Trinajstić information content (AvgIpc) is 2.36. The zero-order valence-electron chi connectivity index (χ0n) is 12.8. The molecule has 5 heteroatoms. The Morgan fingerprint density at radius 1 is 1.20 bits per heavy atom. The first-order chi connectivity index (χ1) is 9.39. The van der Waals surface area contributed by atoms with Crippen molar-refractivity contribution in [3.05, 3.63) is 0 Å². The molecule has 1 saturated heterocycles. The van der Waals surface area contributed by atoms with E-state index < -0.39 is 12.1 Å². The van der Waals surface area contributed by atoms with Crippen molar-refractivity contribution in [1.29, 1.82) is 0 Å². The van der Waals surface area contributed by atoms with E-state index in [1.165, 1.54) is 0 Å². The Hall–Kier alpha value is -0.290. The summed E-state index contributed by atoms with van der Waals surface area (Å²) in [6.07, 6.45) is 0.189. The molecule has 0 aromatic carbocycles. The summed E-state index contributed by atoms with van der Waals surface area (Å²) < 4.78 is 38.0. The number of hydrogen-bond donors (Lipinski definition) is 1. The SMILES string of the molecule is CC(C)CNCCCCCN1CCCC(C(F)(F)F)C1. The third-order valence-corrected chi connectivity index (χ3v) is 3.85. The number of likely N-dealkylation sites (tertiary alicyclic amines) is 1. The summed E-state index contributed by atoms with van der Waals surface area (Å²) in [6, 6.07) is 0. The van der Waals surface area contributed by atoms with Crippen molar-refractivity contribution in [3.63, 3.8) is 0 Å². The molecule has 1 aliphatic rings. The Morgan fingerprint density at radius 2 is 1.95 bits per heavy atom. The van der Waals surface area contributed by atoms with Crippen LogP contribution in [0.1, 0.15) is 46.0 Å². The monoisotopic (exact) mass is 294 g/mol. The van der Waals surface area contributed by atoms with E-state index in [0.717, 1.165) is 45.4 Å². The first kappa shape index (κ1) is 17.8. The van der Waals surface area contributed by atoms with Crippen LogP contribution in [0.15, 0.2) is 0 Å².